The molecule has 7 heteroatoms. The highest BCUT2D eigenvalue weighted by Crippen LogP contribution is 2.40. The van der Waals surface area contributed by atoms with Crippen LogP contribution in [0.2, 0.25) is 0 Å². The summed E-state index contributed by atoms with van der Waals surface area (Å²) in [5, 5.41) is 9.62. The van der Waals surface area contributed by atoms with Gasteiger partial charge in [0.2, 0.25) is 0 Å². The summed E-state index contributed by atoms with van der Waals surface area (Å²) in [4.78, 5) is 0. The number of benzene rings is 1. The van der Waals surface area contributed by atoms with Crippen molar-refractivity contribution in [1.82, 2.24) is 10.2 Å². The van der Waals surface area contributed by atoms with Gasteiger partial charge in [0.15, 0.2) is 5.76 Å². The molecular weight excluding hydrogens is 372 g/mol. The van der Waals surface area contributed by atoms with Crippen molar-refractivity contribution in [3.63, 3.8) is 0 Å². The van der Waals surface area contributed by atoms with Crippen molar-refractivity contribution in [2.45, 2.75) is 30.7 Å². The van der Waals surface area contributed by atoms with E-state index < -0.39 is 0 Å². The summed E-state index contributed by atoms with van der Waals surface area (Å²) in [7, 11) is 3.17. The van der Waals surface area contributed by atoms with Gasteiger partial charge in [-0.05, 0) is 24.3 Å². The van der Waals surface area contributed by atoms with Crippen LogP contribution in [-0.2, 0) is 0 Å². The Morgan fingerprint density at radius 3 is 2.67 bits per heavy atom. The zero-order chi connectivity index (χ0) is 15.0. The molecule has 0 saturated carbocycles. The Labute approximate surface area is 138 Å². The van der Waals surface area contributed by atoms with Crippen LogP contribution in [0.25, 0.3) is 22.6 Å². The summed E-state index contributed by atoms with van der Waals surface area (Å²) in [5.41, 5.74) is 0.796. The standard InChI is InChI=1S/C14H13BrN2O2S2/c1-14(2,3)21-20-13-17-16-12(19-13)11-7-8-6-9(15)4-5-10(8)18-11/h4-7H,1-3H3. The van der Waals surface area contributed by atoms with Crippen molar-refractivity contribution in [3.8, 4) is 11.7 Å². The second kappa shape index (κ2) is 5.70. The Kier molecular flexibility index (Phi) is 4.07. The molecule has 2 aromatic heterocycles. The van der Waals surface area contributed by atoms with E-state index in [9.17, 15) is 0 Å². The third kappa shape index (κ3) is 3.64. The SMILES string of the molecule is CC(C)(C)SSc1nnc(-c2cc3cc(Br)ccc3o2)o1. The molecule has 0 radical (unpaired) electrons. The molecule has 0 atom stereocenters. The highest BCUT2D eigenvalue weighted by molar-refractivity contribution is 9.10. The summed E-state index contributed by atoms with van der Waals surface area (Å²) >= 11 is 3.44. The molecule has 1 aromatic carbocycles. The molecule has 21 heavy (non-hydrogen) atoms. The normalized spacial score (nSPS) is 12.2. The van der Waals surface area contributed by atoms with Gasteiger partial charge in [0.05, 0.1) is 0 Å². The minimum atomic E-state index is 0.130. The zero-order valence-electron chi connectivity index (χ0n) is 11.7. The lowest BCUT2D eigenvalue weighted by molar-refractivity contribution is 0.453. The fourth-order valence-corrected chi connectivity index (χ4v) is 3.68. The minimum absolute atomic E-state index is 0.130. The van der Waals surface area contributed by atoms with Crippen LogP contribution in [-0.4, -0.2) is 14.9 Å². The van der Waals surface area contributed by atoms with Gasteiger partial charge in [-0.2, -0.15) is 0 Å². The van der Waals surface area contributed by atoms with Crippen molar-refractivity contribution < 1.29 is 8.83 Å². The maximum Gasteiger partial charge on any atom is 0.287 e. The highest BCUT2D eigenvalue weighted by Gasteiger charge is 2.17. The van der Waals surface area contributed by atoms with E-state index in [0.717, 1.165) is 15.4 Å². The van der Waals surface area contributed by atoms with Gasteiger partial charge < -0.3 is 8.83 Å². The van der Waals surface area contributed by atoms with E-state index in [1.54, 1.807) is 10.8 Å². The third-order valence-electron chi connectivity index (χ3n) is 2.46. The lowest BCUT2D eigenvalue weighted by Crippen LogP contribution is -2.04. The molecule has 0 aliphatic rings. The summed E-state index contributed by atoms with van der Waals surface area (Å²) < 4.78 is 12.5. The van der Waals surface area contributed by atoms with Gasteiger partial charge in [-0.3, -0.25) is 0 Å². The van der Waals surface area contributed by atoms with Crippen LogP contribution in [0.1, 0.15) is 20.8 Å². The van der Waals surface area contributed by atoms with E-state index >= 15 is 0 Å². The van der Waals surface area contributed by atoms with Crippen LogP contribution in [0.4, 0.5) is 0 Å². The van der Waals surface area contributed by atoms with Crippen LogP contribution in [0.5, 0.6) is 0 Å². The van der Waals surface area contributed by atoms with Crippen LogP contribution in [0.3, 0.4) is 0 Å². The van der Waals surface area contributed by atoms with Gasteiger partial charge in [-0.15, -0.1) is 5.10 Å². The average Bonchev–Trinajstić information content (AvgIpc) is 3.00. The van der Waals surface area contributed by atoms with Crippen molar-refractivity contribution in [3.05, 3.63) is 28.7 Å². The minimum Gasteiger partial charge on any atom is -0.451 e. The smallest absolute Gasteiger partial charge is 0.287 e. The fraction of sp³-hybridized carbons (Fsp3) is 0.286. The first-order valence-corrected chi connectivity index (χ1v) is 9.24. The van der Waals surface area contributed by atoms with Crippen molar-refractivity contribution in [2.24, 2.45) is 0 Å². The fourth-order valence-electron chi connectivity index (χ4n) is 1.62. The lowest BCUT2D eigenvalue weighted by atomic mass is 10.2. The van der Waals surface area contributed by atoms with Crippen LogP contribution < -0.4 is 0 Å². The van der Waals surface area contributed by atoms with Crippen LogP contribution in [0.15, 0.2) is 42.8 Å². The Morgan fingerprint density at radius 1 is 1.10 bits per heavy atom. The molecule has 0 N–H and O–H groups in total. The average molecular weight is 385 g/mol. The van der Waals surface area contributed by atoms with E-state index in [4.69, 9.17) is 8.83 Å². The molecular formula is C14H13BrN2O2S2. The molecule has 0 bridgehead atoms. The second-order valence-corrected chi connectivity index (χ2v) is 9.27. The molecule has 0 aliphatic carbocycles. The van der Waals surface area contributed by atoms with Gasteiger partial charge >= 0.3 is 0 Å². The molecule has 0 aliphatic heterocycles. The first kappa shape index (κ1) is 15.0. The van der Waals surface area contributed by atoms with Gasteiger partial charge in [-0.25, -0.2) is 0 Å². The maximum atomic E-state index is 5.73. The highest BCUT2D eigenvalue weighted by atomic mass is 79.9. The summed E-state index contributed by atoms with van der Waals surface area (Å²) in [6.07, 6.45) is 0. The zero-order valence-corrected chi connectivity index (χ0v) is 14.9. The molecule has 0 fully saturated rings. The van der Waals surface area contributed by atoms with Crippen LogP contribution >= 0.6 is 37.5 Å². The molecule has 0 amide bonds. The van der Waals surface area contributed by atoms with E-state index in [0.29, 0.717) is 16.9 Å². The quantitative estimate of drug-likeness (QED) is 0.533. The first-order chi connectivity index (χ1) is 9.90. The molecule has 3 aromatic rings. The number of aromatic nitrogens is 2. The number of halogens is 1. The Hall–Kier alpha value is -0.920. The topological polar surface area (TPSA) is 52.1 Å². The van der Waals surface area contributed by atoms with E-state index in [1.165, 1.54) is 10.8 Å². The van der Waals surface area contributed by atoms with Crippen molar-refractivity contribution >= 4 is 48.5 Å². The Bertz CT molecular complexity index is 777. The number of fused-ring (bicyclic) bond motifs is 1. The molecule has 0 saturated heterocycles. The van der Waals surface area contributed by atoms with E-state index in [2.05, 4.69) is 46.9 Å². The summed E-state index contributed by atoms with van der Waals surface area (Å²) in [6, 6.07) is 7.73. The van der Waals surface area contributed by atoms with Crippen LogP contribution in [0, 0.1) is 0 Å². The van der Waals surface area contributed by atoms with Crippen molar-refractivity contribution in [1.29, 1.82) is 0 Å². The van der Waals surface area contributed by atoms with E-state index in [1.807, 2.05) is 24.3 Å². The third-order valence-corrected chi connectivity index (χ3v) is 6.02. The van der Waals surface area contributed by atoms with Gasteiger partial charge in [0, 0.05) is 25.4 Å². The first-order valence-electron chi connectivity index (χ1n) is 6.29. The Morgan fingerprint density at radius 2 is 1.90 bits per heavy atom. The molecule has 4 nitrogen and oxygen atoms in total. The molecule has 0 unspecified atom stereocenters. The molecule has 110 valence electrons. The van der Waals surface area contributed by atoms with E-state index in [-0.39, 0.29) is 4.75 Å². The largest absolute Gasteiger partial charge is 0.451 e. The van der Waals surface area contributed by atoms with Crippen molar-refractivity contribution in [2.75, 3.05) is 0 Å². The monoisotopic (exact) mass is 384 g/mol. The lowest BCUT2D eigenvalue weighted by Gasteiger charge is -2.13. The number of rotatable bonds is 3. The predicted octanol–water partition coefficient (Wildman–Crippen LogP) is 5.78. The second-order valence-electron chi connectivity index (χ2n) is 5.44. The van der Waals surface area contributed by atoms with Gasteiger partial charge in [0.1, 0.15) is 5.58 Å². The number of hydrogen-bond donors (Lipinski definition) is 0. The number of nitrogens with zero attached hydrogens (tertiary/aromatic N) is 2. The molecule has 2 heterocycles. The molecule has 3 rings (SSSR count). The molecule has 0 spiro atoms. The summed E-state index contributed by atoms with van der Waals surface area (Å²) in [6.45, 7) is 6.41. The number of hydrogen-bond acceptors (Lipinski definition) is 6. The maximum absolute atomic E-state index is 5.73. The number of furan rings is 1. The Balaban J connectivity index is 1.84. The van der Waals surface area contributed by atoms with Gasteiger partial charge in [0.25, 0.3) is 11.1 Å². The summed E-state index contributed by atoms with van der Waals surface area (Å²) in [5.74, 6) is 0.988. The predicted molar refractivity (Wildman–Crippen MR) is 90.4 cm³/mol. The van der Waals surface area contributed by atoms with Gasteiger partial charge in [-0.1, -0.05) is 52.6 Å².